The topological polar surface area (TPSA) is 104 Å². The zero-order chi connectivity index (χ0) is 22.0. The Morgan fingerprint density at radius 2 is 1.90 bits per heavy atom. The molecular formula is C22H18N4O4S. The van der Waals surface area contributed by atoms with Gasteiger partial charge in [-0.1, -0.05) is 30.3 Å². The highest BCUT2D eigenvalue weighted by atomic mass is 32.2. The molecule has 31 heavy (non-hydrogen) atoms. The molecule has 0 aliphatic carbocycles. The van der Waals surface area contributed by atoms with Gasteiger partial charge in [0.2, 0.25) is 0 Å². The Labute approximate surface area is 182 Å². The Morgan fingerprint density at radius 1 is 1.13 bits per heavy atom. The number of carbonyl (C=O) groups excluding carboxylic acids is 1. The quantitative estimate of drug-likeness (QED) is 0.225. The van der Waals surface area contributed by atoms with Crippen LogP contribution >= 0.6 is 11.8 Å². The van der Waals surface area contributed by atoms with Crippen LogP contribution in [0.1, 0.15) is 28.6 Å². The first-order valence-electron chi connectivity index (χ1n) is 9.53. The van der Waals surface area contributed by atoms with Crippen LogP contribution in [0.25, 0.3) is 11.4 Å². The summed E-state index contributed by atoms with van der Waals surface area (Å²) >= 11 is 1.14. The molecule has 0 aliphatic heterocycles. The van der Waals surface area contributed by atoms with Gasteiger partial charge in [0.05, 0.1) is 21.6 Å². The average Bonchev–Trinajstić information content (AvgIpc) is 3.39. The van der Waals surface area contributed by atoms with Crippen molar-refractivity contribution >= 4 is 23.2 Å². The molecule has 8 nitrogen and oxygen atoms in total. The van der Waals surface area contributed by atoms with E-state index in [2.05, 4.69) is 10.2 Å². The summed E-state index contributed by atoms with van der Waals surface area (Å²) in [6.07, 6.45) is 1.58. The van der Waals surface area contributed by atoms with Gasteiger partial charge in [-0.05, 0) is 43.8 Å². The lowest BCUT2D eigenvalue weighted by Crippen LogP contribution is -2.03. The van der Waals surface area contributed by atoms with Gasteiger partial charge in [-0.25, -0.2) is 0 Å². The maximum Gasteiger partial charge on any atom is 0.284 e. The second kappa shape index (κ2) is 8.57. The van der Waals surface area contributed by atoms with E-state index >= 15 is 0 Å². The molecule has 4 rings (SSSR count). The molecule has 0 saturated heterocycles. The SMILES string of the molecule is CCn1c(Sc2ccc(C(=O)c3ccccc3)cc2[N+](=O)[O-])nnc1-c1ccoc1C. The van der Waals surface area contributed by atoms with Crippen molar-refractivity contribution in [1.82, 2.24) is 14.8 Å². The van der Waals surface area contributed by atoms with Crippen molar-refractivity contribution in [2.75, 3.05) is 0 Å². The van der Waals surface area contributed by atoms with Crippen LogP contribution in [-0.2, 0) is 6.54 Å². The van der Waals surface area contributed by atoms with Gasteiger partial charge in [-0.15, -0.1) is 10.2 Å². The fraction of sp³-hybridized carbons (Fsp3) is 0.136. The number of nitrogens with zero attached hydrogens (tertiary/aromatic N) is 4. The minimum absolute atomic E-state index is 0.154. The highest BCUT2D eigenvalue weighted by Gasteiger charge is 2.23. The maximum absolute atomic E-state index is 12.7. The monoisotopic (exact) mass is 434 g/mol. The van der Waals surface area contributed by atoms with Crippen molar-refractivity contribution in [3.63, 3.8) is 0 Å². The summed E-state index contributed by atoms with van der Waals surface area (Å²) in [5.41, 5.74) is 1.40. The number of rotatable bonds is 7. The second-order valence-corrected chi connectivity index (χ2v) is 7.69. The van der Waals surface area contributed by atoms with Gasteiger partial charge < -0.3 is 8.98 Å². The molecule has 0 bridgehead atoms. The van der Waals surface area contributed by atoms with E-state index in [9.17, 15) is 14.9 Å². The van der Waals surface area contributed by atoms with Crippen molar-refractivity contribution in [3.8, 4) is 11.4 Å². The highest BCUT2D eigenvalue weighted by molar-refractivity contribution is 7.99. The summed E-state index contributed by atoms with van der Waals surface area (Å²) in [5, 5.41) is 20.7. The van der Waals surface area contributed by atoms with E-state index in [1.807, 2.05) is 30.5 Å². The number of hydrogen-bond donors (Lipinski definition) is 0. The third kappa shape index (κ3) is 3.99. The molecule has 0 amide bonds. The maximum atomic E-state index is 12.7. The molecule has 0 aliphatic rings. The van der Waals surface area contributed by atoms with Crippen LogP contribution in [0.5, 0.6) is 0 Å². The first-order chi connectivity index (χ1) is 15.0. The number of carbonyl (C=O) groups is 1. The van der Waals surface area contributed by atoms with E-state index in [4.69, 9.17) is 4.42 Å². The molecule has 4 aromatic rings. The number of ketones is 1. The first-order valence-corrected chi connectivity index (χ1v) is 10.3. The Morgan fingerprint density at radius 3 is 2.55 bits per heavy atom. The lowest BCUT2D eigenvalue weighted by molar-refractivity contribution is -0.387. The molecule has 0 atom stereocenters. The van der Waals surface area contributed by atoms with Crippen LogP contribution in [0.3, 0.4) is 0 Å². The number of hydrogen-bond acceptors (Lipinski definition) is 7. The van der Waals surface area contributed by atoms with Gasteiger partial charge in [-0.2, -0.15) is 0 Å². The fourth-order valence-electron chi connectivity index (χ4n) is 3.21. The van der Waals surface area contributed by atoms with Crippen LogP contribution in [0.2, 0.25) is 0 Å². The molecule has 0 fully saturated rings. The zero-order valence-electron chi connectivity index (χ0n) is 16.8. The van der Waals surface area contributed by atoms with E-state index in [-0.39, 0.29) is 17.0 Å². The molecule has 0 radical (unpaired) electrons. The summed E-state index contributed by atoms with van der Waals surface area (Å²) in [6, 6.07) is 15.0. The van der Waals surface area contributed by atoms with E-state index < -0.39 is 4.92 Å². The van der Waals surface area contributed by atoms with Gasteiger partial charge in [0.25, 0.3) is 5.69 Å². The van der Waals surface area contributed by atoms with E-state index in [1.54, 1.807) is 42.7 Å². The van der Waals surface area contributed by atoms with Gasteiger partial charge in [-0.3, -0.25) is 14.9 Å². The summed E-state index contributed by atoms with van der Waals surface area (Å²) in [5.74, 6) is 1.08. The average molecular weight is 434 g/mol. The number of aromatic nitrogens is 3. The van der Waals surface area contributed by atoms with Crippen LogP contribution in [0, 0.1) is 17.0 Å². The van der Waals surface area contributed by atoms with Crippen LogP contribution in [-0.4, -0.2) is 25.5 Å². The van der Waals surface area contributed by atoms with Crippen LogP contribution < -0.4 is 0 Å². The summed E-state index contributed by atoms with van der Waals surface area (Å²) in [7, 11) is 0. The number of nitro groups is 1. The molecule has 2 aromatic heterocycles. The lowest BCUT2D eigenvalue weighted by atomic mass is 10.0. The summed E-state index contributed by atoms with van der Waals surface area (Å²) in [6.45, 7) is 4.36. The second-order valence-electron chi connectivity index (χ2n) is 6.68. The van der Waals surface area contributed by atoms with Gasteiger partial charge in [0, 0.05) is 23.7 Å². The molecule has 2 aromatic carbocycles. The third-order valence-corrected chi connectivity index (χ3v) is 5.84. The van der Waals surface area contributed by atoms with Crippen molar-refractivity contribution in [2.24, 2.45) is 0 Å². The molecule has 2 heterocycles. The largest absolute Gasteiger partial charge is 0.469 e. The molecule has 0 saturated carbocycles. The standard InChI is InChI=1S/C22H18N4O4S/c1-3-25-21(17-11-12-30-14(17)2)23-24-22(25)31-19-10-9-16(13-18(19)26(28)29)20(27)15-7-5-4-6-8-15/h4-13H,3H2,1-2H3. The Kier molecular flexibility index (Phi) is 5.68. The number of benzene rings is 2. The number of furan rings is 1. The van der Waals surface area contributed by atoms with Crippen LogP contribution in [0.4, 0.5) is 5.69 Å². The van der Waals surface area contributed by atoms with Crippen molar-refractivity contribution in [2.45, 2.75) is 30.4 Å². The molecular weight excluding hydrogens is 416 g/mol. The number of aryl methyl sites for hydroxylation is 1. The van der Waals surface area contributed by atoms with Gasteiger partial charge in [0.1, 0.15) is 5.76 Å². The molecule has 0 unspecified atom stereocenters. The van der Waals surface area contributed by atoms with E-state index in [1.165, 1.54) is 6.07 Å². The Hall–Kier alpha value is -3.72. The Balaban J connectivity index is 1.69. The summed E-state index contributed by atoms with van der Waals surface area (Å²) < 4.78 is 7.23. The normalized spacial score (nSPS) is 10.9. The minimum atomic E-state index is -0.488. The molecule has 0 N–H and O–H groups in total. The predicted molar refractivity (Wildman–Crippen MR) is 115 cm³/mol. The smallest absolute Gasteiger partial charge is 0.284 e. The van der Waals surface area contributed by atoms with Crippen LogP contribution in [0.15, 0.2) is 75.3 Å². The molecule has 0 spiro atoms. The fourth-order valence-corrected chi connectivity index (χ4v) is 4.19. The summed E-state index contributed by atoms with van der Waals surface area (Å²) in [4.78, 5) is 24.3. The van der Waals surface area contributed by atoms with Gasteiger partial charge in [0.15, 0.2) is 16.8 Å². The van der Waals surface area contributed by atoms with Crippen molar-refractivity contribution in [3.05, 3.63) is 87.9 Å². The van der Waals surface area contributed by atoms with E-state index in [0.29, 0.717) is 33.7 Å². The first kappa shape index (κ1) is 20.5. The third-order valence-electron chi connectivity index (χ3n) is 4.79. The predicted octanol–water partition coefficient (Wildman–Crippen LogP) is 5.16. The van der Waals surface area contributed by atoms with Gasteiger partial charge >= 0.3 is 0 Å². The number of nitro benzene ring substituents is 1. The zero-order valence-corrected chi connectivity index (χ0v) is 17.6. The minimum Gasteiger partial charge on any atom is -0.469 e. The van der Waals surface area contributed by atoms with Crippen molar-refractivity contribution in [1.29, 1.82) is 0 Å². The van der Waals surface area contributed by atoms with Crippen molar-refractivity contribution < 1.29 is 14.1 Å². The Bertz CT molecular complexity index is 1260. The lowest BCUT2D eigenvalue weighted by Gasteiger charge is -2.08. The molecule has 9 heteroatoms. The highest BCUT2D eigenvalue weighted by Crippen LogP contribution is 2.36. The van der Waals surface area contributed by atoms with E-state index in [0.717, 1.165) is 17.3 Å². The molecule has 156 valence electrons.